The molecule has 0 radical (unpaired) electrons. The summed E-state index contributed by atoms with van der Waals surface area (Å²) in [5.74, 6) is 0. The Bertz CT molecular complexity index is 625. The molecule has 8 nitrogen and oxygen atoms in total. The van der Waals surface area contributed by atoms with E-state index in [1.807, 2.05) is 0 Å². The minimum Gasteiger partial charge on any atom is -0.759 e. The molecule has 214 valence electrons. The first kappa shape index (κ1) is 45.7. The third-order valence-electron chi connectivity index (χ3n) is 5.70. The number of hydrogen-bond donors (Lipinski definition) is 0. The summed E-state index contributed by atoms with van der Waals surface area (Å²) in [7, 11) is -8.97. The molecule has 12 heteroatoms. The molecule has 0 bridgehead atoms. The Labute approximate surface area is 273 Å². The first-order valence-electron chi connectivity index (χ1n) is 13.8. The molecule has 0 N–H and O–H groups in total. The molecule has 0 aromatic heterocycles. The van der Waals surface area contributed by atoms with E-state index in [0.29, 0.717) is 0 Å². The van der Waals surface area contributed by atoms with Crippen LogP contribution < -0.4 is 59.1 Å². The van der Waals surface area contributed by atoms with Crippen molar-refractivity contribution in [2.45, 2.75) is 149 Å². The fourth-order valence-electron chi connectivity index (χ4n) is 3.71. The maximum absolute atomic E-state index is 11.7. The van der Waals surface area contributed by atoms with Gasteiger partial charge < -0.3 is 9.11 Å². The van der Waals surface area contributed by atoms with E-state index in [0.717, 1.165) is 38.5 Å². The Morgan fingerprint density at radius 3 is 0.838 bits per heavy atom. The van der Waals surface area contributed by atoms with E-state index in [1.165, 1.54) is 96.3 Å². The Balaban J connectivity index is -0.000000704. The van der Waals surface area contributed by atoms with Gasteiger partial charge in [0, 0.05) is 10.4 Å². The summed E-state index contributed by atoms with van der Waals surface area (Å²) >= 11 is 0. The topological polar surface area (TPSA) is 133 Å². The fraction of sp³-hybridized carbons (Fsp3) is 1.00. The van der Waals surface area contributed by atoms with Crippen molar-refractivity contribution < 1.29 is 93.4 Å². The van der Waals surface area contributed by atoms with Crippen molar-refractivity contribution in [2.24, 2.45) is 0 Å². The molecule has 0 fully saturated rings. The smallest absolute Gasteiger partial charge is 0.759 e. The molecule has 0 rings (SSSR count). The van der Waals surface area contributed by atoms with E-state index in [9.17, 15) is 8.42 Å². The Kier molecular flexibility index (Phi) is 41.9. The van der Waals surface area contributed by atoms with Crippen LogP contribution in [0, 0.1) is 0 Å². The van der Waals surface area contributed by atoms with Gasteiger partial charge in [-0.05, 0) is 12.8 Å². The second-order valence-corrected chi connectivity index (χ2v) is 11.3. The van der Waals surface area contributed by atoms with E-state index in [4.69, 9.17) is 25.9 Å². The first-order chi connectivity index (χ1) is 16.6. The van der Waals surface area contributed by atoms with Gasteiger partial charge in [0.1, 0.15) is 0 Å². The van der Waals surface area contributed by atoms with Crippen LogP contribution in [-0.4, -0.2) is 39.2 Å². The molecule has 0 aliphatic carbocycles. The molecule has 0 spiro atoms. The van der Waals surface area contributed by atoms with Gasteiger partial charge in [-0.15, -0.1) is 0 Å². The van der Waals surface area contributed by atoms with E-state index < -0.39 is 20.8 Å². The van der Waals surface area contributed by atoms with Crippen molar-refractivity contribution in [3.05, 3.63) is 0 Å². The maximum atomic E-state index is 11.7. The summed E-state index contributed by atoms with van der Waals surface area (Å²) < 4.78 is 67.4. The van der Waals surface area contributed by atoms with Crippen LogP contribution in [0.2, 0.25) is 0 Å². The minimum absolute atomic E-state index is 0. The molecule has 0 aromatic carbocycles. The van der Waals surface area contributed by atoms with Gasteiger partial charge in [0.05, 0.1) is 13.2 Å². The molecule has 37 heavy (non-hydrogen) atoms. The van der Waals surface area contributed by atoms with Gasteiger partial charge in [-0.3, -0.25) is 8.42 Å². The fourth-order valence-corrected chi connectivity index (χ4v) is 4.42. The van der Waals surface area contributed by atoms with Crippen LogP contribution in [0.5, 0.6) is 0 Å². The molecule has 0 aliphatic rings. The molecular formula is C25H52Na2O8S2. The predicted molar refractivity (Wildman–Crippen MR) is 140 cm³/mol. The van der Waals surface area contributed by atoms with Crippen molar-refractivity contribution in [1.29, 1.82) is 0 Å². The monoisotopic (exact) mass is 590 g/mol. The standard InChI is InChI=1S/C25H52O4S.2Na.H2O4S/c1-3-5-7-9-11-13-15-17-19-21-23-25-29-30(26,27)28-24-22-20-18-16-14-12-10-8-6-4-2;;;1-5(2,3)4/h3-25H2,1-2H3;;;(H2,1,2,3,4)/q;2*+1;/p-2. The predicted octanol–water partition coefficient (Wildman–Crippen LogP) is 1.17. The van der Waals surface area contributed by atoms with E-state index in [1.54, 1.807) is 0 Å². The zero-order valence-corrected chi connectivity index (χ0v) is 30.0. The van der Waals surface area contributed by atoms with E-state index in [2.05, 4.69) is 13.8 Å². The molecule has 0 atom stereocenters. The van der Waals surface area contributed by atoms with Crippen LogP contribution >= 0.6 is 0 Å². The van der Waals surface area contributed by atoms with Gasteiger partial charge in [-0.2, -0.15) is 8.42 Å². The average Bonchev–Trinajstić information content (AvgIpc) is 2.77. The van der Waals surface area contributed by atoms with Crippen molar-refractivity contribution in [2.75, 3.05) is 13.2 Å². The molecule has 0 heterocycles. The Morgan fingerprint density at radius 1 is 0.432 bits per heavy atom. The summed E-state index contributed by atoms with van der Waals surface area (Å²) in [6.45, 7) is 4.99. The van der Waals surface area contributed by atoms with E-state index >= 15 is 0 Å². The summed E-state index contributed by atoms with van der Waals surface area (Å²) in [4.78, 5) is 0. The Morgan fingerprint density at radius 2 is 0.622 bits per heavy atom. The van der Waals surface area contributed by atoms with Crippen LogP contribution in [0.3, 0.4) is 0 Å². The van der Waals surface area contributed by atoms with Gasteiger partial charge in [-0.1, -0.05) is 136 Å². The van der Waals surface area contributed by atoms with Gasteiger partial charge in [0.15, 0.2) is 0 Å². The van der Waals surface area contributed by atoms with Crippen molar-refractivity contribution in [3.8, 4) is 0 Å². The SMILES string of the molecule is CCCCCCCCCCCCCOS(=O)(=O)OCCCCCCCCCCCC.O=S(=O)([O-])[O-].[Na+].[Na+]. The third-order valence-corrected chi connectivity index (χ3v) is 6.61. The zero-order valence-electron chi connectivity index (χ0n) is 24.3. The zero-order chi connectivity index (χ0) is 26.7. The number of hydrogen-bond acceptors (Lipinski definition) is 8. The molecular weight excluding hydrogens is 538 g/mol. The quantitative estimate of drug-likeness (QED) is 0.0670. The first-order valence-corrected chi connectivity index (χ1v) is 16.5. The van der Waals surface area contributed by atoms with Crippen LogP contribution in [0.1, 0.15) is 149 Å². The summed E-state index contributed by atoms with van der Waals surface area (Å²) in [5, 5.41) is 0. The molecule has 0 aromatic rings. The minimum atomic E-state index is -5.17. The van der Waals surface area contributed by atoms with Crippen molar-refractivity contribution in [1.82, 2.24) is 0 Å². The summed E-state index contributed by atoms with van der Waals surface area (Å²) in [5.41, 5.74) is 0. The van der Waals surface area contributed by atoms with Gasteiger partial charge in [0.25, 0.3) is 0 Å². The molecule has 0 saturated carbocycles. The largest absolute Gasteiger partial charge is 1.00 e. The second kappa shape index (κ2) is 33.9. The molecule has 0 unspecified atom stereocenters. The third kappa shape index (κ3) is 51.0. The van der Waals surface area contributed by atoms with Crippen LogP contribution in [0.4, 0.5) is 0 Å². The van der Waals surface area contributed by atoms with Crippen molar-refractivity contribution in [3.63, 3.8) is 0 Å². The maximum Gasteiger partial charge on any atom is 1.00 e. The van der Waals surface area contributed by atoms with Crippen LogP contribution in [-0.2, 0) is 29.2 Å². The van der Waals surface area contributed by atoms with E-state index in [-0.39, 0.29) is 72.3 Å². The van der Waals surface area contributed by atoms with Gasteiger partial charge in [0.2, 0.25) is 0 Å². The number of rotatable bonds is 25. The second-order valence-electron chi connectivity index (χ2n) is 9.18. The molecule has 0 aliphatic heterocycles. The summed E-state index contributed by atoms with van der Waals surface area (Å²) in [6, 6.07) is 0. The molecule has 0 amide bonds. The number of unbranched alkanes of at least 4 members (excludes halogenated alkanes) is 19. The van der Waals surface area contributed by atoms with Crippen LogP contribution in [0.15, 0.2) is 0 Å². The average molecular weight is 591 g/mol. The normalized spacial score (nSPS) is 11.2. The Hall–Kier alpha value is 1.74. The van der Waals surface area contributed by atoms with Gasteiger partial charge in [-0.25, -0.2) is 8.37 Å². The van der Waals surface area contributed by atoms with Crippen LogP contribution in [0.25, 0.3) is 0 Å². The summed E-state index contributed by atoms with van der Waals surface area (Å²) in [6.07, 6.45) is 25.9. The molecule has 0 saturated heterocycles. The van der Waals surface area contributed by atoms with Gasteiger partial charge >= 0.3 is 69.5 Å². The van der Waals surface area contributed by atoms with Crippen molar-refractivity contribution >= 4 is 20.8 Å².